The van der Waals surface area contributed by atoms with Gasteiger partial charge in [0.25, 0.3) is 0 Å². The summed E-state index contributed by atoms with van der Waals surface area (Å²) in [4.78, 5) is 28.0. The summed E-state index contributed by atoms with van der Waals surface area (Å²) in [7, 11) is 0. The zero-order chi connectivity index (χ0) is 24.2. The summed E-state index contributed by atoms with van der Waals surface area (Å²) in [6, 6.07) is 18.8. The second-order valence-corrected chi connectivity index (χ2v) is 10.1. The number of carbonyl (C=O) groups excluding carboxylic acids is 2. The molecule has 0 saturated heterocycles. The van der Waals surface area contributed by atoms with Crippen molar-refractivity contribution in [2.24, 2.45) is 0 Å². The van der Waals surface area contributed by atoms with Crippen LogP contribution in [-0.2, 0) is 22.6 Å². The Morgan fingerprint density at radius 1 is 0.939 bits per heavy atom. The minimum Gasteiger partial charge on any atom is -0.350 e. The van der Waals surface area contributed by atoms with Gasteiger partial charge in [0.1, 0.15) is 6.04 Å². The lowest BCUT2D eigenvalue weighted by molar-refractivity contribution is -0.141. The molecular formula is C27H30Cl2N2O2. The highest BCUT2D eigenvalue weighted by atomic mass is 35.5. The highest BCUT2D eigenvalue weighted by Crippen LogP contribution is 2.27. The summed E-state index contributed by atoms with van der Waals surface area (Å²) in [6.45, 7) is 7.63. The van der Waals surface area contributed by atoms with Crippen LogP contribution in [0.3, 0.4) is 0 Å². The monoisotopic (exact) mass is 484 g/mol. The van der Waals surface area contributed by atoms with Gasteiger partial charge in [-0.05, 0) is 62.6 Å². The van der Waals surface area contributed by atoms with Crippen molar-refractivity contribution in [3.63, 3.8) is 0 Å². The number of amides is 2. The van der Waals surface area contributed by atoms with Gasteiger partial charge in [0.05, 0.1) is 0 Å². The van der Waals surface area contributed by atoms with Crippen LogP contribution in [0.1, 0.15) is 45.2 Å². The molecule has 1 N–H and O–H groups in total. The zero-order valence-corrected chi connectivity index (χ0v) is 21.0. The third-order valence-corrected chi connectivity index (χ3v) is 6.25. The van der Waals surface area contributed by atoms with Crippen molar-refractivity contribution in [3.8, 4) is 0 Å². The molecule has 0 aliphatic carbocycles. The van der Waals surface area contributed by atoms with Crippen molar-refractivity contribution in [1.82, 2.24) is 10.2 Å². The van der Waals surface area contributed by atoms with E-state index in [-0.39, 0.29) is 24.8 Å². The molecule has 0 aromatic heterocycles. The number of nitrogens with zero attached hydrogens (tertiary/aromatic N) is 1. The van der Waals surface area contributed by atoms with Crippen LogP contribution in [0.5, 0.6) is 0 Å². The molecule has 6 heteroatoms. The van der Waals surface area contributed by atoms with E-state index in [0.29, 0.717) is 22.0 Å². The lowest BCUT2D eigenvalue weighted by Crippen LogP contribution is -2.52. The van der Waals surface area contributed by atoms with Crippen molar-refractivity contribution in [2.75, 3.05) is 0 Å². The van der Waals surface area contributed by atoms with Gasteiger partial charge in [0, 0.05) is 34.1 Å². The number of carbonyl (C=O) groups is 2. The van der Waals surface area contributed by atoms with E-state index in [4.69, 9.17) is 23.2 Å². The number of fused-ring (bicyclic) bond motifs is 1. The predicted molar refractivity (Wildman–Crippen MR) is 137 cm³/mol. The van der Waals surface area contributed by atoms with E-state index < -0.39 is 11.6 Å². The van der Waals surface area contributed by atoms with Crippen molar-refractivity contribution in [1.29, 1.82) is 0 Å². The van der Waals surface area contributed by atoms with Gasteiger partial charge in [-0.1, -0.05) is 71.7 Å². The Bertz CT molecular complexity index is 1130. The summed E-state index contributed by atoms with van der Waals surface area (Å²) >= 11 is 12.8. The van der Waals surface area contributed by atoms with E-state index >= 15 is 0 Å². The standard InChI is InChI=1S/C27H30Cl2N2O2/c1-18(26(33)30-27(2,3)4)31(17-22-23(28)13-8-14-24(22)29)25(32)16-15-20-11-7-10-19-9-5-6-12-21(19)20/h5-14,18H,15-17H2,1-4H3,(H,30,33)/t18-/m0/s1. The third-order valence-electron chi connectivity index (χ3n) is 5.54. The predicted octanol–water partition coefficient (Wildman–Crippen LogP) is 6.41. The summed E-state index contributed by atoms with van der Waals surface area (Å²) in [5.41, 5.74) is 1.32. The molecule has 0 spiro atoms. The summed E-state index contributed by atoms with van der Waals surface area (Å²) in [5, 5.41) is 6.18. The number of nitrogens with one attached hydrogen (secondary N) is 1. The number of hydrogen-bond donors (Lipinski definition) is 1. The fraction of sp³-hybridized carbons (Fsp3) is 0.333. The quantitative estimate of drug-likeness (QED) is 0.420. The minimum atomic E-state index is -0.684. The molecule has 0 radical (unpaired) electrons. The highest BCUT2D eigenvalue weighted by Gasteiger charge is 2.29. The Balaban J connectivity index is 1.85. The molecule has 1 atom stereocenters. The van der Waals surface area contributed by atoms with Gasteiger partial charge in [-0.15, -0.1) is 0 Å². The van der Waals surface area contributed by atoms with Gasteiger partial charge >= 0.3 is 0 Å². The SMILES string of the molecule is C[C@@H](C(=O)NC(C)(C)C)N(Cc1c(Cl)cccc1Cl)C(=O)CCc1cccc2ccccc12. The van der Waals surface area contributed by atoms with Crippen LogP contribution in [-0.4, -0.2) is 28.3 Å². The van der Waals surface area contributed by atoms with Crippen LogP contribution < -0.4 is 5.32 Å². The molecular weight excluding hydrogens is 455 g/mol. The maximum absolute atomic E-state index is 13.5. The molecule has 0 bridgehead atoms. The topological polar surface area (TPSA) is 49.4 Å². The van der Waals surface area contributed by atoms with E-state index in [1.807, 2.05) is 45.0 Å². The van der Waals surface area contributed by atoms with Gasteiger partial charge in [-0.3, -0.25) is 9.59 Å². The van der Waals surface area contributed by atoms with E-state index in [9.17, 15) is 9.59 Å². The van der Waals surface area contributed by atoms with Gasteiger partial charge in [-0.2, -0.15) is 0 Å². The first-order chi connectivity index (χ1) is 15.6. The molecule has 2 amide bonds. The number of rotatable bonds is 7. The number of hydrogen-bond acceptors (Lipinski definition) is 2. The molecule has 33 heavy (non-hydrogen) atoms. The first kappa shape index (κ1) is 25.1. The average molecular weight is 485 g/mol. The molecule has 0 aliphatic heterocycles. The van der Waals surface area contributed by atoms with E-state index in [0.717, 1.165) is 16.3 Å². The third kappa shape index (κ3) is 6.49. The maximum Gasteiger partial charge on any atom is 0.242 e. The minimum absolute atomic E-state index is 0.129. The van der Waals surface area contributed by atoms with Crippen LogP contribution in [0.15, 0.2) is 60.7 Å². The van der Waals surface area contributed by atoms with E-state index in [1.54, 1.807) is 30.0 Å². The van der Waals surface area contributed by atoms with Gasteiger partial charge in [0.15, 0.2) is 0 Å². The van der Waals surface area contributed by atoms with Crippen LogP contribution in [0.2, 0.25) is 10.0 Å². The Hall–Kier alpha value is -2.56. The Labute approximate surface area is 205 Å². The molecule has 0 fully saturated rings. The van der Waals surface area contributed by atoms with Gasteiger partial charge < -0.3 is 10.2 Å². The molecule has 0 aliphatic rings. The number of aryl methyl sites for hydroxylation is 1. The highest BCUT2D eigenvalue weighted by molar-refractivity contribution is 6.36. The summed E-state index contributed by atoms with van der Waals surface area (Å²) in [5.74, 6) is -0.348. The second-order valence-electron chi connectivity index (χ2n) is 9.28. The smallest absolute Gasteiger partial charge is 0.242 e. The van der Waals surface area contributed by atoms with Crippen molar-refractivity contribution in [3.05, 3.63) is 81.8 Å². The van der Waals surface area contributed by atoms with Crippen LogP contribution >= 0.6 is 23.2 Å². The van der Waals surface area contributed by atoms with Crippen molar-refractivity contribution in [2.45, 2.75) is 58.7 Å². The molecule has 0 unspecified atom stereocenters. The second kappa shape index (κ2) is 10.6. The molecule has 0 saturated carbocycles. The van der Waals surface area contributed by atoms with Gasteiger partial charge in [-0.25, -0.2) is 0 Å². The fourth-order valence-electron chi connectivity index (χ4n) is 3.81. The van der Waals surface area contributed by atoms with Crippen LogP contribution in [0, 0.1) is 0 Å². The average Bonchev–Trinajstić information content (AvgIpc) is 2.75. The lowest BCUT2D eigenvalue weighted by Gasteiger charge is -2.32. The molecule has 3 aromatic rings. The van der Waals surface area contributed by atoms with Crippen molar-refractivity contribution >= 4 is 45.8 Å². The maximum atomic E-state index is 13.5. The fourth-order valence-corrected chi connectivity index (χ4v) is 4.32. The Morgan fingerprint density at radius 3 is 2.21 bits per heavy atom. The first-order valence-corrected chi connectivity index (χ1v) is 11.8. The Kier molecular flexibility index (Phi) is 8.04. The number of benzene rings is 3. The van der Waals surface area contributed by atoms with Crippen LogP contribution in [0.25, 0.3) is 10.8 Å². The first-order valence-electron chi connectivity index (χ1n) is 11.1. The normalized spacial score (nSPS) is 12.4. The summed E-state index contributed by atoms with van der Waals surface area (Å²) in [6.07, 6.45) is 0.837. The lowest BCUT2D eigenvalue weighted by atomic mass is 10.0. The largest absolute Gasteiger partial charge is 0.350 e. The molecule has 0 heterocycles. The van der Waals surface area contributed by atoms with Gasteiger partial charge in [0.2, 0.25) is 11.8 Å². The zero-order valence-electron chi connectivity index (χ0n) is 19.5. The van der Waals surface area contributed by atoms with Crippen LogP contribution in [0.4, 0.5) is 0 Å². The molecule has 3 rings (SSSR count). The summed E-state index contributed by atoms with van der Waals surface area (Å²) < 4.78 is 0. The molecule has 4 nitrogen and oxygen atoms in total. The van der Waals surface area contributed by atoms with E-state index in [2.05, 4.69) is 23.5 Å². The van der Waals surface area contributed by atoms with Crippen molar-refractivity contribution < 1.29 is 9.59 Å². The van der Waals surface area contributed by atoms with E-state index in [1.165, 1.54) is 0 Å². The molecule has 174 valence electrons. The molecule has 3 aromatic carbocycles. The number of halogens is 2. The Morgan fingerprint density at radius 2 is 1.55 bits per heavy atom.